The molecular formula is C14H14FN5O3S2. The Labute approximate surface area is 145 Å². The Balaban J connectivity index is 2.12. The van der Waals surface area contributed by atoms with Crippen molar-refractivity contribution in [2.45, 2.75) is 30.2 Å². The van der Waals surface area contributed by atoms with Gasteiger partial charge in [0.05, 0.1) is 21.5 Å². The molecule has 1 aromatic carbocycles. The number of nitrogens with zero attached hydrogens (tertiary/aromatic N) is 4. The van der Waals surface area contributed by atoms with Gasteiger partial charge in [-0.2, -0.15) is 0 Å². The van der Waals surface area contributed by atoms with E-state index < -0.39 is 27.9 Å². The van der Waals surface area contributed by atoms with Gasteiger partial charge in [0.25, 0.3) is 0 Å². The lowest BCUT2D eigenvalue weighted by Gasteiger charge is -2.12. The van der Waals surface area contributed by atoms with Crippen LogP contribution >= 0.6 is 11.3 Å². The van der Waals surface area contributed by atoms with E-state index in [1.54, 1.807) is 6.92 Å². The molecule has 0 atom stereocenters. The van der Waals surface area contributed by atoms with Crippen molar-refractivity contribution in [2.24, 2.45) is 5.14 Å². The summed E-state index contributed by atoms with van der Waals surface area (Å²) >= 11 is 1.19. The Bertz CT molecular complexity index is 1160. The number of aromatic nitrogens is 4. The summed E-state index contributed by atoms with van der Waals surface area (Å²) in [7, 11) is -3.95. The maximum Gasteiger partial charge on any atom is 0.336 e. The van der Waals surface area contributed by atoms with Crippen molar-refractivity contribution < 1.29 is 12.8 Å². The number of primary sulfonamides is 1. The fraction of sp³-hybridized carbons (Fsp3) is 0.357. The summed E-state index contributed by atoms with van der Waals surface area (Å²) < 4.78 is 39.6. The monoisotopic (exact) mass is 383 g/mol. The van der Waals surface area contributed by atoms with Crippen LogP contribution < -0.4 is 10.8 Å². The summed E-state index contributed by atoms with van der Waals surface area (Å²) in [6.45, 7) is 1.07. The van der Waals surface area contributed by atoms with E-state index in [4.69, 9.17) is 5.14 Å². The Morgan fingerprint density at radius 1 is 1.32 bits per heavy atom. The number of benzene rings is 1. The first kappa shape index (κ1) is 16.4. The number of hydrogen-bond acceptors (Lipinski definition) is 6. The van der Waals surface area contributed by atoms with Gasteiger partial charge in [-0.05, 0) is 38.0 Å². The van der Waals surface area contributed by atoms with Gasteiger partial charge < -0.3 is 0 Å². The van der Waals surface area contributed by atoms with Crippen molar-refractivity contribution in [2.75, 3.05) is 6.67 Å². The molecule has 1 aliphatic rings. The molecular weight excluding hydrogens is 369 g/mol. The SMILES string of the molecule is Cc1nnc(-n2c(=O)n(C3(CF)CC3)c3ccc(S(N)(=O)=O)cc32)s1. The highest BCUT2D eigenvalue weighted by Gasteiger charge is 2.47. The van der Waals surface area contributed by atoms with E-state index in [2.05, 4.69) is 10.2 Å². The highest BCUT2D eigenvalue weighted by molar-refractivity contribution is 7.89. The van der Waals surface area contributed by atoms with Gasteiger partial charge >= 0.3 is 5.69 Å². The molecule has 3 aromatic rings. The van der Waals surface area contributed by atoms with Crippen LogP contribution in [0.5, 0.6) is 0 Å². The number of imidazole rings is 1. The maximum atomic E-state index is 13.6. The van der Waals surface area contributed by atoms with Crippen LogP contribution in [0.15, 0.2) is 27.9 Å². The Hall–Kier alpha value is -2.11. The summed E-state index contributed by atoms with van der Waals surface area (Å²) in [6.07, 6.45) is 1.10. The zero-order valence-corrected chi connectivity index (χ0v) is 14.8. The molecule has 8 nitrogen and oxygen atoms in total. The van der Waals surface area contributed by atoms with E-state index in [-0.39, 0.29) is 4.90 Å². The first-order chi connectivity index (χ1) is 11.8. The molecule has 0 saturated heterocycles. The van der Waals surface area contributed by atoms with Crippen molar-refractivity contribution in [1.82, 2.24) is 19.3 Å². The molecule has 4 rings (SSSR count). The van der Waals surface area contributed by atoms with E-state index >= 15 is 0 Å². The Morgan fingerprint density at radius 3 is 2.56 bits per heavy atom. The van der Waals surface area contributed by atoms with Gasteiger partial charge in [0.15, 0.2) is 0 Å². The van der Waals surface area contributed by atoms with Gasteiger partial charge in [0, 0.05) is 0 Å². The maximum absolute atomic E-state index is 13.6. The molecule has 132 valence electrons. The van der Waals surface area contributed by atoms with Crippen LogP contribution in [0.3, 0.4) is 0 Å². The lowest BCUT2D eigenvalue weighted by Crippen LogP contribution is -2.32. The molecule has 25 heavy (non-hydrogen) atoms. The van der Waals surface area contributed by atoms with Crippen LogP contribution in [-0.4, -0.2) is 34.4 Å². The molecule has 0 unspecified atom stereocenters. The zero-order valence-electron chi connectivity index (χ0n) is 13.1. The molecule has 0 spiro atoms. The molecule has 2 aromatic heterocycles. The second-order valence-electron chi connectivity index (χ2n) is 6.11. The van der Waals surface area contributed by atoms with Crippen molar-refractivity contribution in [3.8, 4) is 5.13 Å². The summed E-state index contributed by atoms with van der Waals surface area (Å²) in [4.78, 5) is 12.9. The average Bonchev–Trinajstić information content (AvgIpc) is 3.13. The summed E-state index contributed by atoms with van der Waals surface area (Å²) in [5, 5.41) is 14.0. The number of alkyl halides is 1. The van der Waals surface area contributed by atoms with Gasteiger partial charge in [-0.3, -0.25) is 4.57 Å². The number of hydrogen-bond donors (Lipinski definition) is 1. The van der Waals surface area contributed by atoms with Crippen LogP contribution in [0.4, 0.5) is 4.39 Å². The van der Waals surface area contributed by atoms with Crippen molar-refractivity contribution in [3.63, 3.8) is 0 Å². The van der Waals surface area contributed by atoms with Crippen molar-refractivity contribution in [1.29, 1.82) is 0 Å². The van der Waals surface area contributed by atoms with E-state index in [1.165, 1.54) is 38.7 Å². The van der Waals surface area contributed by atoms with Gasteiger partial charge in [0.1, 0.15) is 11.7 Å². The number of nitrogens with two attached hydrogens (primary N) is 1. The number of halogens is 1. The number of fused-ring (bicyclic) bond motifs is 1. The summed E-state index contributed by atoms with van der Waals surface area (Å²) in [5.41, 5.74) is -0.579. The lowest BCUT2D eigenvalue weighted by molar-refractivity contribution is 0.335. The fourth-order valence-electron chi connectivity index (χ4n) is 2.94. The first-order valence-electron chi connectivity index (χ1n) is 7.44. The van der Waals surface area contributed by atoms with Gasteiger partial charge in [-0.1, -0.05) is 11.3 Å². The highest BCUT2D eigenvalue weighted by atomic mass is 32.2. The molecule has 1 saturated carbocycles. The number of aryl methyl sites for hydroxylation is 1. The van der Waals surface area contributed by atoms with Gasteiger partial charge in [0.2, 0.25) is 15.2 Å². The fourth-order valence-corrected chi connectivity index (χ4v) is 4.16. The van der Waals surface area contributed by atoms with E-state index in [0.29, 0.717) is 34.0 Å². The third-order valence-corrected chi connectivity index (χ3v) is 6.13. The third kappa shape index (κ3) is 2.41. The van der Waals surface area contributed by atoms with Gasteiger partial charge in [-0.25, -0.2) is 27.3 Å². The molecule has 0 bridgehead atoms. The topological polar surface area (TPSA) is 113 Å². The minimum absolute atomic E-state index is 0.128. The highest BCUT2D eigenvalue weighted by Crippen LogP contribution is 2.45. The Kier molecular flexibility index (Phi) is 3.40. The van der Waals surface area contributed by atoms with Gasteiger partial charge in [-0.15, -0.1) is 10.2 Å². The van der Waals surface area contributed by atoms with E-state index in [1.807, 2.05) is 0 Å². The molecule has 2 N–H and O–H groups in total. The van der Waals surface area contributed by atoms with Crippen LogP contribution in [0.2, 0.25) is 0 Å². The predicted octanol–water partition coefficient (Wildman–Crippen LogP) is 1.06. The largest absolute Gasteiger partial charge is 0.336 e. The van der Waals surface area contributed by atoms with Crippen LogP contribution in [0.25, 0.3) is 16.2 Å². The Morgan fingerprint density at radius 2 is 2.04 bits per heavy atom. The molecule has 0 amide bonds. The minimum atomic E-state index is -3.95. The van der Waals surface area contributed by atoms with Crippen molar-refractivity contribution >= 4 is 32.4 Å². The molecule has 1 fully saturated rings. The van der Waals surface area contributed by atoms with Crippen LogP contribution in [0.1, 0.15) is 17.8 Å². The quantitative estimate of drug-likeness (QED) is 0.724. The normalized spacial score (nSPS) is 16.4. The first-order valence-corrected chi connectivity index (χ1v) is 9.80. The average molecular weight is 383 g/mol. The number of rotatable bonds is 4. The van der Waals surface area contributed by atoms with Crippen LogP contribution in [-0.2, 0) is 15.6 Å². The van der Waals surface area contributed by atoms with E-state index in [0.717, 1.165) is 0 Å². The molecule has 0 aliphatic heterocycles. The second kappa shape index (κ2) is 5.19. The summed E-state index contributed by atoms with van der Waals surface area (Å²) in [5.74, 6) is 0. The minimum Gasteiger partial charge on any atom is -0.283 e. The molecule has 11 heteroatoms. The summed E-state index contributed by atoms with van der Waals surface area (Å²) in [6, 6.07) is 4.11. The van der Waals surface area contributed by atoms with Crippen molar-refractivity contribution in [3.05, 3.63) is 33.7 Å². The molecule has 1 aliphatic carbocycles. The molecule has 2 heterocycles. The van der Waals surface area contributed by atoms with Crippen LogP contribution in [0, 0.1) is 6.92 Å². The number of sulfonamides is 1. The standard InChI is InChI=1S/C14H14FN5O3S2/c1-8-17-18-12(24-8)19-11-6-9(25(16,22)23)2-3-10(11)20(13(19)21)14(7-15)4-5-14/h2-3,6H,4-5,7H2,1H3,(H2,16,22,23). The zero-order chi connectivity index (χ0) is 18.0. The molecule has 0 radical (unpaired) electrons. The third-order valence-electron chi connectivity index (χ3n) is 4.40. The predicted molar refractivity (Wildman–Crippen MR) is 90.3 cm³/mol. The van der Waals surface area contributed by atoms with E-state index in [9.17, 15) is 17.6 Å². The lowest BCUT2D eigenvalue weighted by atomic mass is 10.2. The second-order valence-corrected chi connectivity index (χ2v) is 8.83. The smallest absolute Gasteiger partial charge is 0.283 e.